The number of carboxylic acids is 2. The topological polar surface area (TPSA) is 113 Å². The van der Waals surface area contributed by atoms with Crippen LogP contribution in [0.3, 0.4) is 0 Å². The van der Waals surface area contributed by atoms with Crippen LogP contribution in [0.25, 0.3) is 0 Å². The van der Waals surface area contributed by atoms with E-state index in [1.54, 1.807) is 24.3 Å². The van der Waals surface area contributed by atoms with Gasteiger partial charge in [-0.2, -0.15) is 0 Å². The predicted octanol–water partition coefficient (Wildman–Crippen LogP) is 2.12. The van der Waals surface area contributed by atoms with Crippen molar-refractivity contribution in [1.29, 1.82) is 0 Å². The number of nitrogens with two attached hydrogens (primary N) is 1. The number of aromatic carboxylic acids is 2. The zero-order valence-corrected chi connectivity index (χ0v) is 10.9. The Hall–Kier alpha value is -3.15. The summed E-state index contributed by atoms with van der Waals surface area (Å²) in [6, 6.07) is 12.0. The number of rotatable bonds is 4. The van der Waals surface area contributed by atoms with Crippen LogP contribution >= 0.6 is 0 Å². The first-order valence-electron chi connectivity index (χ1n) is 5.98. The largest absolute Gasteiger partial charge is 0.478 e. The molecule has 0 aliphatic carbocycles. The van der Waals surface area contributed by atoms with E-state index in [1.807, 2.05) is 0 Å². The average molecular weight is 284 g/mol. The summed E-state index contributed by atoms with van der Waals surface area (Å²) >= 11 is 0. The number of carboxylic acid groups (broad SMARTS) is 2. The van der Waals surface area contributed by atoms with Gasteiger partial charge in [0.15, 0.2) is 0 Å². The van der Waals surface area contributed by atoms with E-state index < -0.39 is 11.9 Å². The fourth-order valence-electron chi connectivity index (χ4n) is 1.67. The van der Waals surface area contributed by atoms with Gasteiger partial charge in [0, 0.05) is 5.56 Å². The van der Waals surface area contributed by atoms with Crippen LogP contribution in [0.2, 0.25) is 0 Å². The van der Waals surface area contributed by atoms with Crippen molar-refractivity contribution >= 4 is 23.5 Å². The molecule has 0 amide bonds. The third kappa shape index (κ3) is 3.44. The lowest BCUT2D eigenvalue weighted by atomic mass is 10.1. The number of amidine groups is 1. The van der Waals surface area contributed by atoms with E-state index in [-0.39, 0.29) is 17.0 Å². The molecule has 0 fully saturated rings. The molecular formula is C15H12N2O4. The van der Waals surface area contributed by atoms with E-state index in [9.17, 15) is 9.59 Å². The zero-order chi connectivity index (χ0) is 15.4. The Bertz CT molecular complexity index is 703. The highest BCUT2D eigenvalue weighted by atomic mass is 16.4. The summed E-state index contributed by atoms with van der Waals surface area (Å²) in [4.78, 5) is 25.6. The Morgan fingerprint density at radius 1 is 0.762 bits per heavy atom. The maximum atomic E-state index is 10.8. The van der Waals surface area contributed by atoms with Crippen molar-refractivity contribution in [3.8, 4) is 0 Å². The molecule has 2 aromatic carbocycles. The van der Waals surface area contributed by atoms with Gasteiger partial charge in [-0.1, -0.05) is 12.1 Å². The first kappa shape index (κ1) is 14.3. The highest BCUT2D eigenvalue weighted by molar-refractivity contribution is 6.00. The predicted molar refractivity (Wildman–Crippen MR) is 77.2 cm³/mol. The van der Waals surface area contributed by atoms with E-state index in [0.29, 0.717) is 11.3 Å². The summed E-state index contributed by atoms with van der Waals surface area (Å²) < 4.78 is 0. The van der Waals surface area contributed by atoms with Crippen LogP contribution in [0, 0.1) is 0 Å². The van der Waals surface area contributed by atoms with Crippen LogP contribution in [-0.4, -0.2) is 28.0 Å². The molecule has 0 aliphatic heterocycles. The molecule has 0 aliphatic rings. The van der Waals surface area contributed by atoms with Gasteiger partial charge in [-0.05, 0) is 36.4 Å². The maximum Gasteiger partial charge on any atom is 0.335 e. The Kier molecular flexibility index (Phi) is 3.99. The molecule has 0 saturated heterocycles. The van der Waals surface area contributed by atoms with Gasteiger partial charge in [-0.3, -0.25) is 0 Å². The van der Waals surface area contributed by atoms with E-state index in [0.717, 1.165) is 0 Å². The van der Waals surface area contributed by atoms with Crippen LogP contribution in [0.1, 0.15) is 26.3 Å². The smallest absolute Gasteiger partial charge is 0.335 e. The molecule has 2 aromatic rings. The van der Waals surface area contributed by atoms with E-state index in [1.165, 1.54) is 24.3 Å². The van der Waals surface area contributed by atoms with Gasteiger partial charge in [0.25, 0.3) is 0 Å². The molecule has 0 heterocycles. The summed E-state index contributed by atoms with van der Waals surface area (Å²) in [5, 5.41) is 17.6. The summed E-state index contributed by atoms with van der Waals surface area (Å²) in [5.74, 6) is -1.81. The monoisotopic (exact) mass is 284 g/mol. The van der Waals surface area contributed by atoms with Crippen molar-refractivity contribution < 1.29 is 19.8 Å². The van der Waals surface area contributed by atoms with E-state index in [2.05, 4.69) is 4.99 Å². The van der Waals surface area contributed by atoms with Crippen LogP contribution in [0.5, 0.6) is 0 Å². The molecule has 6 nitrogen and oxygen atoms in total. The molecule has 21 heavy (non-hydrogen) atoms. The lowest BCUT2D eigenvalue weighted by Crippen LogP contribution is -2.13. The number of carbonyl (C=O) groups is 2. The molecule has 0 bridgehead atoms. The molecule has 6 heteroatoms. The lowest BCUT2D eigenvalue weighted by Gasteiger charge is -2.02. The number of benzene rings is 2. The Morgan fingerprint density at radius 2 is 1.14 bits per heavy atom. The lowest BCUT2D eigenvalue weighted by molar-refractivity contribution is 0.0686. The summed E-state index contributed by atoms with van der Waals surface area (Å²) in [6.07, 6.45) is 0. The van der Waals surface area contributed by atoms with Crippen molar-refractivity contribution in [3.63, 3.8) is 0 Å². The van der Waals surface area contributed by atoms with Crippen LogP contribution in [0.15, 0.2) is 53.5 Å². The van der Waals surface area contributed by atoms with Gasteiger partial charge >= 0.3 is 11.9 Å². The number of aliphatic imine (C=N–C) groups is 1. The van der Waals surface area contributed by atoms with Gasteiger partial charge < -0.3 is 15.9 Å². The summed E-state index contributed by atoms with van der Waals surface area (Å²) in [5.41, 5.74) is 7.27. The highest BCUT2D eigenvalue weighted by Crippen LogP contribution is 2.14. The van der Waals surface area contributed by atoms with Gasteiger partial charge in [-0.25, -0.2) is 14.6 Å². The van der Waals surface area contributed by atoms with Gasteiger partial charge in [0.1, 0.15) is 5.84 Å². The van der Waals surface area contributed by atoms with E-state index >= 15 is 0 Å². The van der Waals surface area contributed by atoms with Gasteiger partial charge in [0.05, 0.1) is 16.8 Å². The first-order valence-corrected chi connectivity index (χ1v) is 5.98. The van der Waals surface area contributed by atoms with Crippen LogP contribution in [-0.2, 0) is 0 Å². The van der Waals surface area contributed by atoms with Crippen LogP contribution < -0.4 is 5.73 Å². The molecule has 0 unspecified atom stereocenters. The molecule has 0 spiro atoms. The molecule has 106 valence electrons. The van der Waals surface area contributed by atoms with Gasteiger partial charge in [-0.15, -0.1) is 0 Å². The minimum Gasteiger partial charge on any atom is -0.478 e. The Labute approximate surface area is 120 Å². The van der Waals surface area contributed by atoms with Crippen LogP contribution in [0.4, 0.5) is 5.69 Å². The Balaban J connectivity index is 2.23. The van der Waals surface area contributed by atoms with Crippen molar-refractivity contribution in [3.05, 3.63) is 65.2 Å². The van der Waals surface area contributed by atoms with Crippen molar-refractivity contribution in [2.24, 2.45) is 10.7 Å². The normalized spacial score (nSPS) is 11.1. The third-order valence-electron chi connectivity index (χ3n) is 2.79. The number of hydrogen-bond acceptors (Lipinski definition) is 3. The fourth-order valence-corrected chi connectivity index (χ4v) is 1.67. The quantitative estimate of drug-likeness (QED) is 0.588. The molecule has 0 aromatic heterocycles. The SMILES string of the molecule is NC(=Nc1ccc(C(=O)O)cc1)c1ccc(C(=O)O)cc1. The second-order valence-corrected chi connectivity index (χ2v) is 4.23. The molecular weight excluding hydrogens is 272 g/mol. The van der Waals surface area contributed by atoms with Crippen molar-refractivity contribution in [1.82, 2.24) is 0 Å². The van der Waals surface area contributed by atoms with Gasteiger partial charge in [0.2, 0.25) is 0 Å². The number of hydrogen-bond donors (Lipinski definition) is 3. The second kappa shape index (κ2) is 5.87. The fraction of sp³-hybridized carbons (Fsp3) is 0. The second-order valence-electron chi connectivity index (χ2n) is 4.23. The Morgan fingerprint density at radius 3 is 1.57 bits per heavy atom. The number of nitrogens with zero attached hydrogens (tertiary/aromatic N) is 1. The summed E-state index contributed by atoms with van der Waals surface area (Å²) in [7, 11) is 0. The minimum atomic E-state index is -1.01. The molecule has 4 N–H and O–H groups in total. The average Bonchev–Trinajstić information content (AvgIpc) is 2.47. The van der Waals surface area contributed by atoms with E-state index in [4.69, 9.17) is 15.9 Å². The standard InChI is InChI=1S/C15H12N2O4/c16-13(9-1-3-10(4-2-9)14(18)19)17-12-7-5-11(6-8-12)15(20)21/h1-8H,(H2,16,17)(H,18,19)(H,20,21). The molecule has 0 atom stereocenters. The first-order chi connectivity index (χ1) is 9.97. The van der Waals surface area contributed by atoms with Crippen molar-refractivity contribution in [2.45, 2.75) is 0 Å². The maximum absolute atomic E-state index is 10.8. The molecule has 2 rings (SSSR count). The van der Waals surface area contributed by atoms with Crippen molar-refractivity contribution in [2.75, 3.05) is 0 Å². The highest BCUT2D eigenvalue weighted by Gasteiger charge is 2.05. The zero-order valence-electron chi connectivity index (χ0n) is 10.9. The third-order valence-corrected chi connectivity index (χ3v) is 2.79. The summed E-state index contributed by atoms with van der Waals surface area (Å²) in [6.45, 7) is 0. The molecule has 0 radical (unpaired) electrons. The minimum absolute atomic E-state index is 0.164. The molecule has 0 saturated carbocycles.